The van der Waals surface area contributed by atoms with Gasteiger partial charge in [-0.15, -0.1) is 12.4 Å². The maximum Gasteiger partial charge on any atom is 0.250 e. The van der Waals surface area contributed by atoms with E-state index in [0.29, 0.717) is 24.1 Å². The van der Waals surface area contributed by atoms with Gasteiger partial charge in [-0.2, -0.15) is 0 Å². The lowest BCUT2D eigenvalue weighted by Gasteiger charge is -2.27. The van der Waals surface area contributed by atoms with Gasteiger partial charge in [-0.1, -0.05) is 25.4 Å². The molecule has 1 heterocycles. The molecule has 1 aromatic rings. The number of nitrogens with one attached hydrogen (secondary N) is 2. The molecule has 1 saturated heterocycles. The van der Waals surface area contributed by atoms with Crippen molar-refractivity contribution >= 4 is 29.9 Å². The van der Waals surface area contributed by atoms with Crippen LogP contribution in [0.3, 0.4) is 0 Å². The van der Waals surface area contributed by atoms with E-state index in [2.05, 4.69) is 24.5 Å². The van der Waals surface area contributed by atoms with Crippen LogP contribution in [0.25, 0.3) is 0 Å². The zero-order valence-corrected chi connectivity index (χ0v) is 15.9. The number of carbonyl (C=O) groups is 1. The monoisotopic (exact) mass is 376 g/mol. The second-order valence-electron chi connectivity index (χ2n) is 6.14. The molecule has 24 heavy (non-hydrogen) atoms. The first-order chi connectivity index (χ1) is 11.0. The molecule has 0 saturated carbocycles. The molecule has 1 fully saturated rings. The fraction of sp³-hybridized carbons (Fsp3) is 0.588. The topological polar surface area (TPSA) is 59.6 Å². The quantitative estimate of drug-likeness (QED) is 0.800. The number of carbonyl (C=O) groups excluding carboxylic acids is 1. The minimum absolute atomic E-state index is 0. The predicted octanol–water partition coefficient (Wildman–Crippen LogP) is 2.96. The van der Waals surface area contributed by atoms with E-state index in [1.54, 1.807) is 13.2 Å². The minimum Gasteiger partial charge on any atom is -0.496 e. The van der Waals surface area contributed by atoms with Crippen LogP contribution < -0.4 is 15.4 Å². The summed E-state index contributed by atoms with van der Waals surface area (Å²) in [7, 11) is 1.62. The Balaban J connectivity index is 0.00000288. The molecule has 1 aliphatic heterocycles. The first-order valence-electron chi connectivity index (χ1n) is 7.97. The molecule has 0 aromatic heterocycles. The van der Waals surface area contributed by atoms with Crippen molar-refractivity contribution in [3.8, 4) is 5.75 Å². The molecule has 2 unspecified atom stereocenters. The van der Waals surface area contributed by atoms with Gasteiger partial charge >= 0.3 is 0 Å². The van der Waals surface area contributed by atoms with Gasteiger partial charge in [-0.3, -0.25) is 4.79 Å². The highest BCUT2D eigenvalue weighted by Crippen LogP contribution is 2.32. The van der Waals surface area contributed by atoms with Crippen molar-refractivity contribution in [3.63, 3.8) is 0 Å². The number of amides is 1. The summed E-state index contributed by atoms with van der Waals surface area (Å²) >= 11 is 6.14. The highest BCUT2D eigenvalue weighted by Gasteiger charge is 2.26. The molecule has 0 bridgehead atoms. The molecule has 7 heteroatoms. The van der Waals surface area contributed by atoms with Crippen LogP contribution in [0.15, 0.2) is 18.2 Å². The van der Waals surface area contributed by atoms with Crippen molar-refractivity contribution in [2.45, 2.75) is 32.4 Å². The molecule has 2 rings (SSSR count). The van der Waals surface area contributed by atoms with E-state index >= 15 is 0 Å². The van der Waals surface area contributed by atoms with E-state index in [1.165, 1.54) is 0 Å². The predicted molar refractivity (Wildman–Crippen MR) is 98.2 cm³/mol. The summed E-state index contributed by atoms with van der Waals surface area (Å²) in [6, 6.07) is 5.30. The molecule has 5 nitrogen and oxygen atoms in total. The van der Waals surface area contributed by atoms with E-state index in [1.807, 2.05) is 12.1 Å². The number of hydrogen-bond acceptors (Lipinski definition) is 4. The van der Waals surface area contributed by atoms with E-state index in [0.717, 1.165) is 24.3 Å². The van der Waals surface area contributed by atoms with Gasteiger partial charge in [-0.05, 0) is 30.5 Å². The first kappa shape index (κ1) is 21.0. The standard InChI is InChI=1S/C17H25ClN2O3.ClH/c1-11(2)8-14(13-9-12(18)4-5-15(13)22-3)20-17(21)16-10-19-6-7-23-16;/h4-5,9,11,14,16,19H,6-8,10H2,1-3H3,(H,20,21);1H. The lowest BCUT2D eigenvalue weighted by Crippen LogP contribution is -2.48. The van der Waals surface area contributed by atoms with Crippen molar-refractivity contribution in [3.05, 3.63) is 28.8 Å². The van der Waals surface area contributed by atoms with Crippen molar-refractivity contribution in [1.29, 1.82) is 0 Å². The Hall–Kier alpha value is -1.01. The lowest BCUT2D eigenvalue weighted by atomic mass is 9.96. The normalized spacial score (nSPS) is 18.6. The second kappa shape index (κ2) is 10.1. The van der Waals surface area contributed by atoms with E-state index in [-0.39, 0.29) is 24.4 Å². The highest BCUT2D eigenvalue weighted by molar-refractivity contribution is 6.30. The van der Waals surface area contributed by atoms with Crippen LogP contribution in [-0.4, -0.2) is 38.8 Å². The first-order valence-corrected chi connectivity index (χ1v) is 8.35. The Morgan fingerprint density at radius 2 is 2.25 bits per heavy atom. The average molecular weight is 377 g/mol. The van der Waals surface area contributed by atoms with Gasteiger partial charge in [0.05, 0.1) is 19.8 Å². The summed E-state index contributed by atoms with van der Waals surface area (Å²) in [5, 5.41) is 6.89. The summed E-state index contributed by atoms with van der Waals surface area (Å²) in [5.41, 5.74) is 0.894. The Morgan fingerprint density at radius 1 is 1.50 bits per heavy atom. The molecule has 2 N–H and O–H groups in total. The maximum absolute atomic E-state index is 12.5. The smallest absolute Gasteiger partial charge is 0.250 e. The van der Waals surface area contributed by atoms with Gasteiger partial charge in [0, 0.05) is 23.7 Å². The Bertz CT molecular complexity index is 535. The Morgan fingerprint density at radius 3 is 2.83 bits per heavy atom. The molecular weight excluding hydrogens is 351 g/mol. The summed E-state index contributed by atoms with van der Waals surface area (Å²) < 4.78 is 11.0. The number of benzene rings is 1. The Labute approximate surface area is 154 Å². The van der Waals surface area contributed by atoms with Crippen LogP contribution in [0.5, 0.6) is 5.75 Å². The van der Waals surface area contributed by atoms with E-state index in [9.17, 15) is 4.79 Å². The second-order valence-corrected chi connectivity index (χ2v) is 6.58. The molecule has 136 valence electrons. The molecule has 1 aromatic carbocycles. The molecule has 0 radical (unpaired) electrons. The highest BCUT2D eigenvalue weighted by atomic mass is 35.5. The molecule has 2 atom stereocenters. The molecule has 0 aliphatic carbocycles. The lowest BCUT2D eigenvalue weighted by molar-refractivity contribution is -0.135. The molecule has 1 amide bonds. The van der Waals surface area contributed by atoms with Crippen LogP contribution in [0, 0.1) is 5.92 Å². The summed E-state index contributed by atoms with van der Waals surface area (Å²) in [6.45, 7) is 6.10. The van der Waals surface area contributed by atoms with Gasteiger partial charge in [0.1, 0.15) is 11.9 Å². The minimum atomic E-state index is -0.455. The van der Waals surface area contributed by atoms with Gasteiger partial charge in [-0.25, -0.2) is 0 Å². The van der Waals surface area contributed by atoms with Crippen molar-refractivity contribution in [2.75, 3.05) is 26.8 Å². The summed E-state index contributed by atoms with van der Waals surface area (Å²) in [5.74, 6) is 1.03. The third-order valence-electron chi connectivity index (χ3n) is 3.81. The maximum atomic E-state index is 12.5. The Kier molecular flexibility index (Phi) is 8.84. The SMILES string of the molecule is COc1ccc(Cl)cc1C(CC(C)C)NC(=O)C1CNCCO1.Cl. The number of morpholine rings is 1. The fourth-order valence-corrected chi connectivity index (χ4v) is 2.89. The van der Waals surface area contributed by atoms with Crippen LogP contribution in [0.2, 0.25) is 5.02 Å². The van der Waals surface area contributed by atoms with E-state index < -0.39 is 6.10 Å². The third-order valence-corrected chi connectivity index (χ3v) is 4.05. The van der Waals surface area contributed by atoms with Crippen LogP contribution in [-0.2, 0) is 9.53 Å². The molecule has 1 aliphatic rings. The zero-order valence-electron chi connectivity index (χ0n) is 14.3. The fourth-order valence-electron chi connectivity index (χ4n) is 2.71. The van der Waals surface area contributed by atoms with Gasteiger partial charge in [0.25, 0.3) is 5.91 Å². The zero-order chi connectivity index (χ0) is 16.8. The van der Waals surface area contributed by atoms with Crippen molar-refractivity contribution in [2.24, 2.45) is 5.92 Å². The van der Waals surface area contributed by atoms with Crippen LogP contribution in [0.1, 0.15) is 31.9 Å². The summed E-state index contributed by atoms with van der Waals surface area (Å²) in [6.07, 6.45) is 0.339. The third kappa shape index (κ3) is 5.81. The number of hydrogen-bond donors (Lipinski definition) is 2. The van der Waals surface area contributed by atoms with Crippen molar-refractivity contribution < 1.29 is 14.3 Å². The largest absolute Gasteiger partial charge is 0.496 e. The van der Waals surface area contributed by atoms with Gasteiger partial charge in [0.2, 0.25) is 0 Å². The van der Waals surface area contributed by atoms with Gasteiger partial charge < -0.3 is 20.1 Å². The van der Waals surface area contributed by atoms with Crippen LogP contribution >= 0.6 is 24.0 Å². The number of halogens is 2. The number of methoxy groups -OCH3 is 1. The number of rotatable bonds is 6. The van der Waals surface area contributed by atoms with Crippen molar-refractivity contribution in [1.82, 2.24) is 10.6 Å². The van der Waals surface area contributed by atoms with Gasteiger partial charge in [0.15, 0.2) is 0 Å². The average Bonchev–Trinajstić information content (AvgIpc) is 2.54. The van der Waals surface area contributed by atoms with Crippen LogP contribution in [0.4, 0.5) is 0 Å². The molecular formula is C17H26Cl2N2O3. The number of ether oxygens (including phenoxy) is 2. The van der Waals surface area contributed by atoms with E-state index in [4.69, 9.17) is 21.1 Å². The summed E-state index contributed by atoms with van der Waals surface area (Å²) in [4.78, 5) is 12.5. The molecule has 0 spiro atoms.